The van der Waals surface area contributed by atoms with Crippen LogP contribution < -0.4 is 20.1 Å². The van der Waals surface area contributed by atoms with Crippen LogP contribution in [0.3, 0.4) is 0 Å². The van der Waals surface area contributed by atoms with E-state index < -0.39 is 0 Å². The SMILES string of the molecule is CN=C(NCCSc1ccccc1)NCc1ccc2c(c1)OCCCO2.I. The molecule has 1 heterocycles. The smallest absolute Gasteiger partial charge is 0.191 e. The van der Waals surface area contributed by atoms with Crippen LogP contribution in [0.2, 0.25) is 0 Å². The lowest BCUT2D eigenvalue weighted by molar-refractivity contribution is 0.297. The maximum absolute atomic E-state index is 5.74. The summed E-state index contributed by atoms with van der Waals surface area (Å²) in [5, 5.41) is 6.68. The molecule has 1 aliphatic heterocycles. The Bertz CT molecular complexity index is 728. The second kappa shape index (κ2) is 12.0. The molecule has 27 heavy (non-hydrogen) atoms. The van der Waals surface area contributed by atoms with Gasteiger partial charge in [-0.3, -0.25) is 4.99 Å². The summed E-state index contributed by atoms with van der Waals surface area (Å²) < 4.78 is 11.4. The van der Waals surface area contributed by atoms with Crippen molar-refractivity contribution in [3.63, 3.8) is 0 Å². The summed E-state index contributed by atoms with van der Waals surface area (Å²) in [6.07, 6.45) is 0.916. The van der Waals surface area contributed by atoms with Crippen molar-refractivity contribution in [1.82, 2.24) is 10.6 Å². The van der Waals surface area contributed by atoms with Gasteiger partial charge in [-0.1, -0.05) is 24.3 Å². The fraction of sp³-hybridized carbons (Fsp3) is 0.350. The topological polar surface area (TPSA) is 54.9 Å². The minimum Gasteiger partial charge on any atom is -0.490 e. The second-order valence-corrected chi connectivity index (χ2v) is 7.01. The molecule has 2 aromatic carbocycles. The van der Waals surface area contributed by atoms with Crippen LogP contribution >= 0.6 is 35.7 Å². The first kappa shape index (κ1) is 21.7. The van der Waals surface area contributed by atoms with E-state index in [9.17, 15) is 0 Å². The van der Waals surface area contributed by atoms with Gasteiger partial charge in [0.2, 0.25) is 0 Å². The van der Waals surface area contributed by atoms with Crippen molar-refractivity contribution in [1.29, 1.82) is 0 Å². The molecule has 0 amide bonds. The fourth-order valence-corrected chi connectivity index (χ4v) is 3.37. The fourth-order valence-electron chi connectivity index (χ4n) is 2.58. The molecular weight excluding hydrogens is 473 g/mol. The summed E-state index contributed by atoms with van der Waals surface area (Å²) >= 11 is 1.83. The van der Waals surface area contributed by atoms with E-state index in [-0.39, 0.29) is 24.0 Å². The molecule has 0 atom stereocenters. The van der Waals surface area contributed by atoms with Gasteiger partial charge >= 0.3 is 0 Å². The normalized spacial score (nSPS) is 13.3. The van der Waals surface area contributed by atoms with Crippen molar-refractivity contribution in [2.75, 3.05) is 32.6 Å². The van der Waals surface area contributed by atoms with Crippen LogP contribution in [0, 0.1) is 0 Å². The molecule has 0 unspecified atom stereocenters. The van der Waals surface area contributed by atoms with Gasteiger partial charge < -0.3 is 20.1 Å². The van der Waals surface area contributed by atoms with E-state index in [1.807, 2.05) is 30.0 Å². The van der Waals surface area contributed by atoms with Crippen LogP contribution in [0.4, 0.5) is 0 Å². The molecule has 0 spiro atoms. The summed E-state index contributed by atoms with van der Waals surface area (Å²) in [4.78, 5) is 5.56. The third-order valence-electron chi connectivity index (χ3n) is 3.90. The number of hydrogen-bond acceptors (Lipinski definition) is 4. The number of nitrogens with zero attached hydrogens (tertiary/aromatic N) is 1. The second-order valence-electron chi connectivity index (χ2n) is 5.85. The number of fused-ring (bicyclic) bond motifs is 1. The molecule has 0 fully saturated rings. The van der Waals surface area contributed by atoms with Crippen molar-refractivity contribution in [3.05, 3.63) is 54.1 Å². The molecule has 7 heteroatoms. The average molecular weight is 499 g/mol. The Kier molecular flexibility index (Phi) is 9.61. The maximum atomic E-state index is 5.74. The lowest BCUT2D eigenvalue weighted by Crippen LogP contribution is -2.37. The first-order valence-corrected chi connectivity index (χ1v) is 9.84. The quantitative estimate of drug-likeness (QED) is 0.208. The molecule has 0 saturated heterocycles. The van der Waals surface area contributed by atoms with Gasteiger partial charge in [0, 0.05) is 37.2 Å². The van der Waals surface area contributed by atoms with Gasteiger partial charge in [0.15, 0.2) is 17.5 Å². The Balaban J connectivity index is 0.00000261. The highest BCUT2D eigenvalue weighted by Crippen LogP contribution is 2.30. The largest absolute Gasteiger partial charge is 0.490 e. The summed E-state index contributed by atoms with van der Waals surface area (Å²) in [7, 11) is 1.79. The molecule has 0 saturated carbocycles. The Morgan fingerprint density at radius 2 is 1.81 bits per heavy atom. The minimum absolute atomic E-state index is 0. The molecule has 5 nitrogen and oxygen atoms in total. The number of nitrogens with one attached hydrogen (secondary N) is 2. The average Bonchev–Trinajstić information content (AvgIpc) is 2.93. The van der Waals surface area contributed by atoms with Gasteiger partial charge in [-0.25, -0.2) is 0 Å². The maximum Gasteiger partial charge on any atom is 0.191 e. The summed E-state index contributed by atoms with van der Waals surface area (Å²) in [6, 6.07) is 16.5. The molecule has 2 aromatic rings. The molecule has 146 valence electrons. The Morgan fingerprint density at radius 1 is 1.04 bits per heavy atom. The molecule has 1 aliphatic rings. The molecule has 0 aliphatic carbocycles. The number of rotatable bonds is 6. The minimum atomic E-state index is 0. The molecular formula is C20H26IN3O2S. The summed E-state index contributed by atoms with van der Waals surface area (Å²) in [5.74, 6) is 3.43. The van der Waals surface area contributed by atoms with Gasteiger partial charge in [-0.05, 0) is 29.8 Å². The number of ether oxygens (including phenoxy) is 2. The van der Waals surface area contributed by atoms with E-state index in [4.69, 9.17) is 9.47 Å². The van der Waals surface area contributed by atoms with Gasteiger partial charge in [-0.15, -0.1) is 35.7 Å². The predicted molar refractivity (Wildman–Crippen MR) is 123 cm³/mol. The lowest BCUT2D eigenvalue weighted by Gasteiger charge is -2.13. The highest BCUT2D eigenvalue weighted by Gasteiger charge is 2.10. The van der Waals surface area contributed by atoms with E-state index in [1.54, 1.807) is 7.05 Å². The van der Waals surface area contributed by atoms with Crippen molar-refractivity contribution in [2.45, 2.75) is 17.9 Å². The highest BCUT2D eigenvalue weighted by atomic mass is 127. The van der Waals surface area contributed by atoms with Gasteiger partial charge in [-0.2, -0.15) is 0 Å². The number of benzene rings is 2. The van der Waals surface area contributed by atoms with Gasteiger partial charge in [0.1, 0.15) is 0 Å². The number of thioether (sulfide) groups is 1. The van der Waals surface area contributed by atoms with E-state index in [0.29, 0.717) is 19.8 Å². The van der Waals surface area contributed by atoms with Crippen LogP contribution in [-0.4, -0.2) is 38.5 Å². The third kappa shape index (κ3) is 7.14. The van der Waals surface area contributed by atoms with Crippen LogP contribution in [-0.2, 0) is 6.54 Å². The van der Waals surface area contributed by atoms with Crippen molar-refractivity contribution in [3.8, 4) is 11.5 Å². The van der Waals surface area contributed by atoms with Crippen LogP contribution in [0.15, 0.2) is 58.4 Å². The molecule has 3 rings (SSSR count). The first-order chi connectivity index (χ1) is 12.8. The van der Waals surface area contributed by atoms with Gasteiger partial charge in [0.05, 0.1) is 13.2 Å². The first-order valence-electron chi connectivity index (χ1n) is 8.86. The van der Waals surface area contributed by atoms with Crippen molar-refractivity contribution in [2.24, 2.45) is 4.99 Å². The molecule has 2 N–H and O–H groups in total. The summed E-state index contributed by atoms with van der Waals surface area (Å²) in [6.45, 7) is 2.94. The number of aliphatic imine (C=N–C) groups is 1. The van der Waals surface area contributed by atoms with Gasteiger partial charge in [0.25, 0.3) is 0 Å². The van der Waals surface area contributed by atoms with Crippen molar-refractivity contribution < 1.29 is 9.47 Å². The standard InChI is InChI=1S/C20H25N3O2S.HI/c1-21-20(22-10-13-26-17-6-3-2-4-7-17)23-15-16-8-9-18-19(14-16)25-12-5-11-24-18;/h2-4,6-9,14H,5,10-13,15H2,1H3,(H2,21,22,23);1H. The molecule has 0 aromatic heterocycles. The van der Waals surface area contributed by atoms with E-state index >= 15 is 0 Å². The monoisotopic (exact) mass is 499 g/mol. The van der Waals surface area contributed by atoms with E-state index in [1.165, 1.54) is 4.90 Å². The van der Waals surface area contributed by atoms with E-state index in [0.717, 1.165) is 41.7 Å². The predicted octanol–water partition coefficient (Wildman–Crippen LogP) is 3.92. The Hall–Kier alpha value is -1.61. The van der Waals surface area contributed by atoms with E-state index in [2.05, 4.69) is 46.0 Å². The number of guanidine groups is 1. The van der Waals surface area contributed by atoms with Crippen LogP contribution in [0.1, 0.15) is 12.0 Å². The number of halogens is 1. The Labute approximate surface area is 182 Å². The zero-order chi connectivity index (χ0) is 18.0. The zero-order valence-electron chi connectivity index (χ0n) is 15.4. The van der Waals surface area contributed by atoms with Crippen molar-refractivity contribution >= 4 is 41.7 Å². The van der Waals surface area contributed by atoms with Crippen LogP contribution in [0.25, 0.3) is 0 Å². The van der Waals surface area contributed by atoms with Crippen LogP contribution in [0.5, 0.6) is 11.5 Å². The third-order valence-corrected chi connectivity index (χ3v) is 4.92. The Morgan fingerprint density at radius 3 is 2.59 bits per heavy atom. The molecule has 0 bridgehead atoms. The number of hydrogen-bond donors (Lipinski definition) is 2. The highest BCUT2D eigenvalue weighted by molar-refractivity contribution is 14.0. The summed E-state index contributed by atoms with van der Waals surface area (Å²) in [5.41, 5.74) is 1.14. The zero-order valence-corrected chi connectivity index (χ0v) is 18.6. The molecule has 0 radical (unpaired) electrons. The lowest BCUT2D eigenvalue weighted by atomic mass is 10.2.